The Morgan fingerprint density at radius 2 is 1.81 bits per heavy atom. The van der Waals surface area contributed by atoms with Crippen LogP contribution < -0.4 is 5.73 Å². The molecule has 3 nitrogen and oxygen atoms in total. The van der Waals surface area contributed by atoms with E-state index in [1.54, 1.807) is 0 Å². The zero-order valence-electron chi connectivity index (χ0n) is 10.4. The van der Waals surface area contributed by atoms with E-state index in [0.29, 0.717) is 18.6 Å². The largest absolute Gasteiger partial charge is 0.396 e. The summed E-state index contributed by atoms with van der Waals surface area (Å²) in [5.41, 5.74) is 5.76. The molecule has 1 fully saturated rings. The van der Waals surface area contributed by atoms with Gasteiger partial charge < -0.3 is 15.6 Å². The van der Waals surface area contributed by atoms with Crippen LogP contribution in [0, 0.1) is 5.92 Å². The van der Waals surface area contributed by atoms with Crippen molar-refractivity contribution in [3.05, 3.63) is 0 Å². The van der Waals surface area contributed by atoms with E-state index in [1.807, 2.05) is 0 Å². The summed E-state index contributed by atoms with van der Waals surface area (Å²) < 4.78 is 5.92. The maximum Gasteiger partial charge on any atom is 0.0615 e. The minimum atomic E-state index is 0.318. The molecule has 0 saturated heterocycles. The highest BCUT2D eigenvalue weighted by atomic mass is 16.5. The first-order valence-electron chi connectivity index (χ1n) is 6.81. The van der Waals surface area contributed by atoms with Gasteiger partial charge in [-0.1, -0.05) is 25.7 Å². The fourth-order valence-corrected chi connectivity index (χ4v) is 2.46. The normalized spacial score (nSPS) is 25.9. The van der Waals surface area contributed by atoms with Crippen LogP contribution in [0.3, 0.4) is 0 Å². The summed E-state index contributed by atoms with van der Waals surface area (Å²) >= 11 is 0. The predicted octanol–water partition coefficient (Wildman–Crippen LogP) is 2.07. The minimum Gasteiger partial charge on any atom is -0.396 e. The Morgan fingerprint density at radius 3 is 2.56 bits per heavy atom. The zero-order chi connectivity index (χ0) is 11.6. The summed E-state index contributed by atoms with van der Waals surface area (Å²) in [5.74, 6) is 0.589. The highest BCUT2D eigenvalue weighted by Crippen LogP contribution is 2.26. The van der Waals surface area contributed by atoms with Crippen molar-refractivity contribution >= 4 is 0 Å². The molecular weight excluding hydrogens is 202 g/mol. The third-order valence-corrected chi connectivity index (χ3v) is 3.53. The standard InChI is InChI=1S/C13H27NO2/c14-11-12-7-3-4-8-13(12)16-10-6-2-1-5-9-15/h12-13,15H,1-11,14H2. The average Bonchev–Trinajstić information content (AvgIpc) is 2.34. The molecule has 1 aliphatic rings. The van der Waals surface area contributed by atoms with Crippen LogP contribution >= 0.6 is 0 Å². The first kappa shape index (κ1) is 13.9. The smallest absolute Gasteiger partial charge is 0.0615 e. The molecule has 0 aromatic carbocycles. The van der Waals surface area contributed by atoms with E-state index in [4.69, 9.17) is 15.6 Å². The second-order valence-corrected chi connectivity index (χ2v) is 4.83. The van der Waals surface area contributed by atoms with Crippen molar-refractivity contribution in [3.63, 3.8) is 0 Å². The summed E-state index contributed by atoms with van der Waals surface area (Å²) in [5, 5.41) is 8.65. The fraction of sp³-hybridized carbons (Fsp3) is 1.00. The lowest BCUT2D eigenvalue weighted by atomic mass is 9.86. The molecule has 1 saturated carbocycles. The molecule has 3 heteroatoms. The summed E-state index contributed by atoms with van der Waals surface area (Å²) in [6.07, 6.45) is 9.79. The van der Waals surface area contributed by atoms with Crippen molar-refractivity contribution < 1.29 is 9.84 Å². The molecule has 0 radical (unpaired) electrons. The second-order valence-electron chi connectivity index (χ2n) is 4.83. The molecule has 0 amide bonds. The van der Waals surface area contributed by atoms with Crippen LogP contribution in [0.2, 0.25) is 0 Å². The summed E-state index contributed by atoms with van der Waals surface area (Å²) in [6, 6.07) is 0. The Labute approximate surface area is 99.4 Å². The van der Waals surface area contributed by atoms with E-state index in [2.05, 4.69) is 0 Å². The quantitative estimate of drug-likeness (QED) is 0.626. The molecule has 0 aromatic heterocycles. The van der Waals surface area contributed by atoms with E-state index >= 15 is 0 Å². The summed E-state index contributed by atoms with van der Waals surface area (Å²) in [6.45, 7) is 1.96. The first-order chi connectivity index (χ1) is 7.88. The molecule has 1 rings (SSSR count). The van der Waals surface area contributed by atoms with Crippen LogP contribution in [0.15, 0.2) is 0 Å². The molecule has 3 N–H and O–H groups in total. The molecule has 16 heavy (non-hydrogen) atoms. The maximum absolute atomic E-state index is 8.65. The topological polar surface area (TPSA) is 55.5 Å². The number of ether oxygens (including phenoxy) is 1. The zero-order valence-corrected chi connectivity index (χ0v) is 10.4. The molecule has 2 atom stereocenters. The van der Waals surface area contributed by atoms with Gasteiger partial charge in [-0.2, -0.15) is 0 Å². The molecule has 96 valence electrons. The van der Waals surface area contributed by atoms with E-state index in [9.17, 15) is 0 Å². The third-order valence-electron chi connectivity index (χ3n) is 3.53. The first-order valence-corrected chi connectivity index (χ1v) is 6.81. The van der Waals surface area contributed by atoms with Crippen molar-refractivity contribution in [3.8, 4) is 0 Å². The van der Waals surface area contributed by atoms with E-state index in [1.165, 1.54) is 32.1 Å². The molecular formula is C13H27NO2. The van der Waals surface area contributed by atoms with E-state index in [-0.39, 0.29) is 0 Å². The van der Waals surface area contributed by atoms with E-state index < -0.39 is 0 Å². The van der Waals surface area contributed by atoms with Gasteiger partial charge in [0.25, 0.3) is 0 Å². The Morgan fingerprint density at radius 1 is 1.06 bits per heavy atom. The third kappa shape index (κ3) is 5.28. The Kier molecular flexibility index (Phi) is 7.81. The van der Waals surface area contributed by atoms with Crippen molar-refractivity contribution in [2.75, 3.05) is 19.8 Å². The fourth-order valence-electron chi connectivity index (χ4n) is 2.46. The number of rotatable bonds is 8. The molecule has 2 unspecified atom stereocenters. The van der Waals surface area contributed by atoms with Gasteiger partial charge in [0, 0.05) is 13.2 Å². The van der Waals surface area contributed by atoms with Crippen molar-refractivity contribution in [2.24, 2.45) is 11.7 Å². The van der Waals surface area contributed by atoms with Gasteiger partial charge in [0.2, 0.25) is 0 Å². The minimum absolute atomic E-state index is 0.318. The van der Waals surface area contributed by atoms with E-state index in [0.717, 1.165) is 32.4 Å². The molecule has 0 heterocycles. The lowest BCUT2D eigenvalue weighted by Crippen LogP contribution is -2.33. The Balaban J connectivity index is 2.02. The summed E-state index contributed by atoms with van der Waals surface area (Å²) in [7, 11) is 0. The average molecular weight is 229 g/mol. The second kappa shape index (κ2) is 8.97. The number of nitrogens with two attached hydrogens (primary N) is 1. The van der Waals surface area contributed by atoms with Gasteiger partial charge in [-0.3, -0.25) is 0 Å². The number of hydrogen-bond donors (Lipinski definition) is 2. The van der Waals surface area contributed by atoms with Gasteiger partial charge in [0.05, 0.1) is 6.10 Å². The van der Waals surface area contributed by atoms with Crippen molar-refractivity contribution in [2.45, 2.75) is 57.5 Å². The van der Waals surface area contributed by atoms with Crippen molar-refractivity contribution in [1.82, 2.24) is 0 Å². The highest BCUT2D eigenvalue weighted by Gasteiger charge is 2.24. The molecule has 0 spiro atoms. The number of hydrogen-bond acceptors (Lipinski definition) is 3. The summed E-state index contributed by atoms with van der Waals surface area (Å²) in [4.78, 5) is 0. The van der Waals surface area contributed by atoms with Gasteiger partial charge in [-0.05, 0) is 38.1 Å². The van der Waals surface area contributed by atoms with Gasteiger partial charge in [-0.25, -0.2) is 0 Å². The monoisotopic (exact) mass is 229 g/mol. The molecule has 0 aromatic rings. The number of aliphatic hydroxyl groups is 1. The van der Waals surface area contributed by atoms with Crippen LogP contribution in [0.5, 0.6) is 0 Å². The van der Waals surface area contributed by atoms with Crippen LogP contribution in [-0.4, -0.2) is 31.0 Å². The number of unbranched alkanes of at least 4 members (excludes halogenated alkanes) is 3. The molecule has 0 bridgehead atoms. The molecule has 1 aliphatic carbocycles. The van der Waals surface area contributed by atoms with Gasteiger partial charge in [0.1, 0.15) is 0 Å². The van der Waals surface area contributed by atoms with Crippen LogP contribution in [-0.2, 0) is 4.74 Å². The SMILES string of the molecule is NCC1CCCCC1OCCCCCCO. The van der Waals surface area contributed by atoms with Gasteiger partial charge >= 0.3 is 0 Å². The lowest BCUT2D eigenvalue weighted by Gasteiger charge is -2.30. The Bertz CT molecular complexity index is 164. The van der Waals surface area contributed by atoms with Gasteiger partial charge in [0.15, 0.2) is 0 Å². The van der Waals surface area contributed by atoms with Crippen LogP contribution in [0.4, 0.5) is 0 Å². The Hall–Kier alpha value is -0.120. The number of aliphatic hydroxyl groups excluding tert-OH is 1. The predicted molar refractivity (Wildman–Crippen MR) is 66.3 cm³/mol. The van der Waals surface area contributed by atoms with Crippen LogP contribution in [0.25, 0.3) is 0 Å². The lowest BCUT2D eigenvalue weighted by molar-refractivity contribution is -0.00955. The van der Waals surface area contributed by atoms with Gasteiger partial charge in [-0.15, -0.1) is 0 Å². The highest BCUT2D eigenvalue weighted by molar-refractivity contribution is 4.76. The van der Waals surface area contributed by atoms with Crippen molar-refractivity contribution in [1.29, 1.82) is 0 Å². The van der Waals surface area contributed by atoms with Crippen LogP contribution in [0.1, 0.15) is 51.4 Å². The molecule has 0 aliphatic heterocycles. The maximum atomic E-state index is 8.65.